The predicted octanol–water partition coefficient (Wildman–Crippen LogP) is 1.15. The molecule has 2 rings (SSSR count). The van der Waals surface area contributed by atoms with Crippen LogP contribution in [0.1, 0.15) is 5.76 Å². The minimum atomic E-state index is 0.0800. The molecule has 1 aliphatic rings. The van der Waals surface area contributed by atoms with E-state index in [1.165, 1.54) is 0 Å². The molecule has 0 spiro atoms. The third-order valence-electron chi connectivity index (χ3n) is 2.23. The maximum absolute atomic E-state index is 11.4. The molecule has 0 N–H and O–H groups in total. The summed E-state index contributed by atoms with van der Waals surface area (Å²) in [6.07, 6.45) is 1.62. The Labute approximate surface area is 76.7 Å². The Morgan fingerprint density at radius 2 is 2.38 bits per heavy atom. The van der Waals surface area contributed by atoms with E-state index in [2.05, 4.69) is 0 Å². The van der Waals surface area contributed by atoms with Gasteiger partial charge in [0.25, 0.3) is 0 Å². The van der Waals surface area contributed by atoms with E-state index in [0.717, 1.165) is 18.8 Å². The number of amides is 2. The third-order valence-corrected chi connectivity index (χ3v) is 2.23. The molecular weight excluding hydrogens is 168 g/mol. The van der Waals surface area contributed by atoms with Gasteiger partial charge in [-0.1, -0.05) is 0 Å². The number of nitrogens with zero attached hydrogens (tertiary/aromatic N) is 2. The zero-order chi connectivity index (χ0) is 9.26. The lowest BCUT2D eigenvalue weighted by molar-refractivity contribution is 0.193. The first-order valence-electron chi connectivity index (χ1n) is 4.30. The standard InChI is InChI=1S/C9H12N2O2/c1-10-4-5-11(9(10)12)7-8-3-2-6-13-8/h2-3,6H,4-5,7H2,1H3. The summed E-state index contributed by atoms with van der Waals surface area (Å²) in [6.45, 7) is 2.17. The molecule has 2 amide bonds. The minimum absolute atomic E-state index is 0.0800. The smallest absolute Gasteiger partial charge is 0.320 e. The summed E-state index contributed by atoms with van der Waals surface area (Å²) in [5.74, 6) is 0.837. The van der Waals surface area contributed by atoms with Crippen LogP contribution < -0.4 is 0 Å². The van der Waals surface area contributed by atoms with Crippen LogP contribution in [0.5, 0.6) is 0 Å². The molecule has 1 saturated heterocycles. The van der Waals surface area contributed by atoms with Crippen molar-refractivity contribution >= 4 is 6.03 Å². The highest BCUT2D eigenvalue weighted by Crippen LogP contribution is 2.11. The van der Waals surface area contributed by atoms with Crippen LogP contribution in [-0.2, 0) is 6.54 Å². The van der Waals surface area contributed by atoms with Crippen LogP contribution in [0.15, 0.2) is 22.8 Å². The van der Waals surface area contributed by atoms with Crippen LogP contribution in [-0.4, -0.2) is 36.0 Å². The number of hydrogen-bond donors (Lipinski definition) is 0. The molecule has 1 fully saturated rings. The molecule has 1 aliphatic heterocycles. The summed E-state index contributed by atoms with van der Waals surface area (Å²) < 4.78 is 5.17. The van der Waals surface area contributed by atoms with Gasteiger partial charge in [-0.2, -0.15) is 0 Å². The van der Waals surface area contributed by atoms with Crippen LogP contribution >= 0.6 is 0 Å². The Balaban J connectivity index is 2.00. The normalized spacial score (nSPS) is 17.2. The summed E-state index contributed by atoms with van der Waals surface area (Å²) in [5, 5.41) is 0. The zero-order valence-electron chi connectivity index (χ0n) is 7.56. The van der Waals surface area contributed by atoms with Gasteiger partial charge < -0.3 is 14.2 Å². The lowest BCUT2D eigenvalue weighted by Crippen LogP contribution is -2.28. The van der Waals surface area contributed by atoms with Crippen molar-refractivity contribution in [3.05, 3.63) is 24.2 Å². The first-order valence-corrected chi connectivity index (χ1v) is 4.30. The second-order valence-corrected chi connectivity index (χ2v) is 3.21. The van der Waals surface area contributed by atoms with Gasteiger partial charge in [-0.3, -0.25) is 0 Å². The van der Waals surface area contributed by atoms with Gasteiger partial charge >= 0.3 is 6.03 Å². The monoisotopic (exact) mass is 180 g/mol. The number of rotatable bonds is 2. The van der Waals surface area contributed by atoms with Crippen molar-refractivity contribution in [2.45, 2.75) is 6.54 Å². The summed E-state index contributed by atoms with van der Waals surface area (Å²) in [5.41, 5.74) is 0. The van der Waals surface area contributed by atoms with Crippen molar-refractivity contribution in [1.29, 1.82) is 0 Å². The van der Waals surface area contributed by atoms with Gasteiger partial charge in [-0.15, -0.1) is 0 Å². The maximum Gasteiger partial charge on any atom is 0.320 e. The second kappa shape index (κ2) is 3.12. The molecule has 2 heterocycles. The van der Waals surface area contributed by atoms with Gasteiger partial charge in [0.1, 0.15) is 5.76 Å². The molecule has 0 aromatic carbocycles. The number of likely N-dealkylation sites (N-methyl/N-ethyl adjacent to an activating group) is 1. The van der Waals surface area contributed by atoms with Crippen molar-refractivity contribution in [1.82, 2.24) is 9.80 Å². The lowest BCUT2D eigenvalue weighted by atomic mass is 10.4. The molecule has 13 heavy (non-hydrogen) atoms. The molecule has 0 bridgehead atoms. The van der Waals surface area contributed by atoms with E-state index < -0.39 is 0 Å². The van der Waals surface area contributed by atoms with Crippen molar-refractivity contribution in [3.63, 3.8) is 0 Å². The summed E-state index contributed by atoms with van der Waals surface area (Å²) in [6, 6.07) is 3.79. The van der Waals surface area contributed by atoms with Crippen molar-refractivity contribution in [2.24, 2.45) is 0 Å². The highest BCUT2D eigenvalue weighted by atomic mass is 16.3. The van der Waals surface area contributed by atoms with Gasteiger partial charge in [0.2, 0.25) is 0 Å². The number of urea groups is 1. The van der Waals surface area contributed by atoms with E-state index in [1.54, 1.807) is 16.1 Å². The molecule has 1 aromatic heterocycles. The largest absolute Gasteiger partial charge is 0.467 e. The average molecular weight is 180 g/mol. The Kier molecular flexibility index (Phi) is 1.96. The van der Waals surface area contributed by atoms with E-state index in [0.29, 0.717) is 6.54 Å². The average Bonchev–Trinajstić information content (AvgIpc) is 2.71. The van der Waals surface area contributed by atoms with Gasteiger partial charge in [-0.05, 0) is 12.1 Å². The van der Waals surface area contributed by atoms with E-state index in [4.69, 9.17) is 4.42 Å². The fourth-order valence-corrected chi connectivity index (χ4v) is 1.44. The highest BCUT2D eigenvalue weighted by molar-refractivity contribution is 5.76. The molecular formula is C9H12N2O2. The van der Waals surface area contributed by atoms with E-state index in [9.17, 15) is 4.79 Å². The third kappa shape index (κ3) is 1.52. The minimum Gasteiger partial charge on any atom is -0.467 e. The molecule has 0 atom stereocenters. The van der Waals surface area contributed by atoms with Crippen LogP contribution in [0.2, 0.25) is 0 Å². The molecule has 0 unspecified atom stereocenters. The predicted molar refractivity (Wildman–Crippen MR) is 47.1 cm³/mol. The number of carbonyl (C=O) groups excluding carboxylic acids is 1. The molecule has 70 valence electrons. The molecule has 0 radical (unpaired) electrons. The van der Waals surface area contributed by atoms with Gasteiger partial charge in [0, 0.05) is 20.1 Å². The van der Waals surface area contributed by atoms with Crippen molar-refractivity contribution in [2.75, 3.05) is 20.1 Å². The Bertz CT molecular complexity index is 295. The molecule has 1 aromatic rings. The molecule has 4 nitrogen and oxygen atoms in total. The number of hydrogen-bond acceptors (Lipinski definition) is 2. The summed E-state index contributed by atoms with van der Waals surface area (Å²) in [7, 11) is 1.81. The summed E-state index contributed by atoms with van der Waals surface area (Å²) >= 11 is 0. The van der Waals surface area contributed by atoms with Crippen LogP contribution in [0.4, 0.5) is 4.79 Å². The number of carbonyl (C=O) groups is 1. The SMILES string of the molecule is CN1CCN(Cc2ccco2)C1=O. The van der Waals surface area contributed by atoms with E-state index in [1.807, 2.05) is 19.2 Å². The summed E-state index contributed by atoms with van der Waals surface area (Å²) in [4.78, 5) is 14.9. The number of furan rings is 1. The molecule has 0 saturated carbocycles. The first kappa shape index (κ1) is 8.16. The Morgan fingerprint density at radius 3 is 2.92 bits per heavy atom. The fourth-order valence-electron chi connectivity index (χ4n) is 1.44. The fraction of sp³-hybridized carbons (Fsp3) is 0.444. The van der Waals surface area contributed by atoms with E-state index in [-0.39, 0.29) is 6.03 Å². The van der Waals surface area contributed by atoms with Crippen molar-refractivity contribution in [3.8, 4) is 0 Å². The topological polar surface area (TPSA) is 36.7 Å². The zero-order valence-corrected chi connectivity index (χ0v) is 7.56. The quantitative estimate of drug-likeness (QED) is 0.684. The highest BCUT2D eigenvalue weighted by Gasteiger charge is 2.25. The first-order chi connectivity index (χ1) is 6.27. The molecule has 0 aliphatic carbocycles. The van der Waals surface area contributed by atoms with Gasteiger partial charge in [0.05, 0.1) is 12.8 Å². The molecule has 4 heteroatoms. The second-order valence-electron chi connectivity index (χ2n) is 3.21. The van der Waals surface area contributed by atoms with Crippen LogP contribution in [0.25, 0.3) is 0 Å². The van der Waals surface area contributed by atoms with E-state index >= 15 is 0 Å². The Morgan fingerprint density at radius 1 is 1.54 bits per heavy atom. The maximum atomic E-state index is 11.4. The van der Waals surface area contributed by atoms with Gasteiger partial charge in [-0.25, -0.2) is 4.79 Å². The Hall–Kier alpha value is -1.45. The van der Waals surface area contributed by atoms with Crippen molar-refractivity contribution < 1.29 is 9.21 Å². The lowest BCUT2D eigenvalue weighted by Gasteiger charge is -2.13. The van der Waals surface area contributed by atoms with Crippen LogP contribution in [0.3, 0.4) is 0 Å². The van der Waals surface area contributed by atoms with Crippen LogP contribution in [0, 0.1) is 0 Å². The van der Waals surface area contributed by atoms with Gasteiger partial charge in [0.15, 0.2) is 0 Å².